The lowest BCUT2D eigenvalue weighted by Gasteiger charge is -2.06. The lowest BCUT2D eigenvalue weighted by atomic mass is 10.1. The van der Waals surface area contributed by atoms with Gasteiger partial charge in [0.25, 0.3) is 0 Å². The summed E-state index contributed by atoms with van der Waals surface area (Å²) in [5.74, 6) is 0.596. The molecule has 0 spiro atoms. The Balaban J connectivity index is 1.53. The van der Waals surface area contributed by atoms with E-state index in [1.54, 1.807) is 24.4 Å². The van der Waals surface area contributed by atoms with Gasteiger partial charge in [-0.2, -0.15) is 0 Å². The van der Waals surface area contributed by atoms with Crippen molar-refractivity contribution in [2.75, 3.05) is 16.4 Å². The molecule has 0 fully saturated rings. The highest BCUT2D eigenvalue weighted by molar-refractivity contribution is 9.10. The number of anilines is 3. The molecule has 0 saturated heterocycles. The van der Waals surface area contributed by atoms with E-state index in [9.17, 15) is 4.79 Å². The largest absolute Gasteiger partial charge is 0.397 e. The van der Waals surface area contributed by atoms with Crippen LogP contribution in [0.25, 0.3) is 6.08 Å². The molecule has 0 aliphatic rings. The topological polar surface area (TPSA) is 80.0 Å². The van der Waals surface area contributed by atoms with Crippen LogP contribution in [0.2, 0.25) is 0 Å². The van der Waals surface area contributed by atoms with Crippen molar-refractivity contribution in [2.24, 2.45) is 0 Å². The summed E-state index contributed by atoms with van der Waals surface area (Å²) in [6, 6.07) is 19.0. The molecule has 0 atom stereocenters. The number of hydrogen-bond donors (Lipinski definition) is 3. The van der Waals surface area contributed by atoms with Gasteiger partial charge in [-0.15, -0.1) is 0 Å². The maximum Gasteiger partial charge on any atom is 0.248 e. The second kappa shape index (κ2) is 9.00. The highest BCUT2D eigenvalue weighted by atomic mass is 79.9. The van der Waals surface area contributed by atoms with Gasteiger partial charge in [0, 0.05) is 23.3 Å². The Morgan fingerprint density at radius 2 is 1.85 bits per heavy atom. The number of aromatic nitrogens is 1. The first-order valence-electron chi connectivity index (χ1n) is 8.38. The molecule has 4 N–H and O–H groups in total. The van der Waals surface area contributed by atoms with Crippen LogP contribution in [0.3, 0.4) is 0 Å². The van der Waals surface area contributed by atoms with Crippen LogP contribution in [-0.4, -0.2) is 10.9 Å². The van der Waals surface area contributed by atoms with E-state index in [0.717, 1.165) is 21.4 Å². The van der Waals surface area contributed by atoms with Crippen LogP contribution in [-0.2, 0) is 11.3 Å². The Labute approximate surface area is 166 Å². The Morgan fingerprint density at radius 3 is 2.56 bits per heavy atom. The third-order valence-electron chi connectivity index (χ3n) is 3.83. The first-order chi connectivity index (χ1) is 13.1. The van der Waals surface area contributed by atoms with Crippen molar-refractivity contribution in [3.8, 4) is 0 Å². The summed E-state index contributed by atoms with van der Waals surface area (Å²) in [6.45, 7) is 0.673. The Kier molecular flexibility index (Phi) is 6.22. The van der Waals surface area contributed by atoms with Crippen molar-refractivity contribution in [1.82, 2.24) is 4.98 Å². The van der Waals surface area contributed by atoms with Crippen molar-refractivity contribution in [2.45, 2.75) is 6.54 Å². The molecule has 3 rings (SSSR count). The van der Waals surface area contributed by atoms with E-state index in [4.69, 9.17) is 5.73 Å². The van der Waals surface area contributed by atoms with Gasteiger partial charge in [0.2, 0.25) is 5.91 Å². The third-order valence-corrected chi connectivity index (χ3v) is 4.30. The van der Waals surface area contributed by atoms with Gasteiger partial charge in [-0.1, -0.05) is 36.4 Å². The lowest BCUT2D eigenvalue weighted by Crippen LogP contribution is -2.09. The molecule has 27 heavy (non-hydrogen) atoms. The molecule has 0 unspecified atom stereocenters. The molecular formula is C21H19BrN4O. The molecule has 6 heteroatoms. The molecule has 0 aliphatic heterocycles. The van der Waals surface area contributed by atoms with Crippen LogP contribution in [0.4, 0.5) is 17.2 Å². The highest BCUT2D eigenvalue weighted by Gasteiger charge is 2.01. The smallest absolute Gasteiger partial charge is 0.248 e. The van der Waals surface area contributed by atoms with Crippen LogP contribution in [0.15, 0.2) is 77.4 Å². The van der Waals surface area contributed by atoms with Gasteiger partial charge in [0.05, 0.1) is 11.4 Å². The molecule has 0 radical (unpaired) electrons. The molecule has 3 aromatic rings. The van der Waals surface area contributed by atoms with E-state index in [-0.39, 0.29) is 5.91 Å². The summed E-state index contributed by atoms with van der Waals surface area (Å²) in [7, 11) is 0. The second-order valence-corrected chi connectivity index (χ2v) is 6.78. The SMILES string of the molecule is Nc1ccccc1NC(=O)C=Cc1ccc(CNc2ccc(Br)cn2)cc1. The number of halogens is 1. The minimum atomic E-state index is -0.222. The van der Waals surface area contributed by atoms with E-state index in [2.05, 4.69) is 31.5 Å². The lowest BCUT2D eigenvalue weighted by molar-refractivity contribution is -0.111. The van der Waals surface area contributed by atoms with E-state index in [0.29, 0.717) is 17.9 Å². The van der Waals surface area contributed by atoms with E-state index < -0.39 is 0 Å². The monoisotopic (exact) mass is 422 g/mol. The van der Waals surface area contributed by atoms with Crippen LogP contribution < -0.4 is 16.4 Å². The van der Waals surface area contributed by atoms with Gasteiger partial charge >= 0.3 is 0 Å². The number of benzene rings is 2. The summed E-state index contributed by atoms with van der Waals surface area (Å²) in [5, 5.41) is 6.03. The first kappa shape index (κ1) is 18.7. The standard InChI is InChI=1S/C21H19BrN4O/c22-17-10-11-20(25-14-17)24-13-16-7-5-15(6-8-16)9-12-21(27)26-19-4-2-1-3-18(19)23/h1-12,14H,13,23H2,(H,24,25)(H,26,27). The fourth-order valence-electron chi connectivity index (χ4n) is 2.38. The molecule has 0 aliphatic carbocycles. The van der Waals surface area contributed by atoms with E-state index in [1.807, 2.05) is 48.5 Å². The van der Waals surface area contributed by atoms with E-state index in [1.165, 1.54) is 6.08 Å². The van der Waals surface area contributed by atoms with Crippen LogP contribution >= 0.6 is 15.9 Å². The van der Waals surface area contributed by atoms with Crippen LogP contribution in [0, 0.1) is 0 Å². The highest BCUT2D eigenvalue weighted by Crippen LogP contribution is 2.17. The van der Waals surface area contributed by atoms with Crippen molar-refractivity contribution in [3.05, 3.63) is 88.5 Å². The number of hydrogen-bond acceptors (Lipinski definition) is 4. The number of nitrogens with two attached hydrogens (primary N) is 1. The maximum atomic E-state index is 12.0. The van der Waals surface area contributed by atoms with Gasteiger partial charge in [-0.3, -0.25) is 4.79 Å². The number of para-hydroxylation sites is 2. The maximum absolute atomic E-state index is 12.0. The normalized spacial score (nSPS) is 10.7. The fraction of sp³-hybridized carbons (Fsp3) is 0.0476. The number of rotatable bonds is 6. The number of carbonyl (C=O) groups is 1. The van der Waals surface area contributed by atoms with Gasteiger partial charge in [0.1, 0.15) is 5.82 Å². The van der Waals surface area contributed by atoms with Gasteiger partial charge in [0.15, 0.2) is 0 Å². The number of nitrogens with zero attached hydrogens (tertiary/aromatic N) is 1. The minimum absolute atomic E-state index is 0.222. The molecule has 136 valence electrons. The number of nitrogen functional groups attached to an aromatic ring is 1. The Hall–Kier alpha value is -3.12. The molecular weight excluding hydrogens is 404 g/mol. The fourth-order valence-corrected chi connectivity index (χ4v) is 2.61. The van der Waals surface area contributed by atoms with Crippen molar-refractivity contribution in [3.63, 3.8) is 0 Å². The zero-order valence-corrected chi connectivity index (χ0v) is 16.1. The van der Waals surface area contributed by atoms with Gasteiger partial charge in [-0.25, -0.2) is 4.98 Å². The number of nitrogens with one attached hydrogen (secondary N) is 2. The number of pyridine rings is 1. The predicted octanol–water partition coefficient (Wildman–Crippen LogP) is 4.69. The first-order valence-corrected chi connectivity index (χ1v) is 9.17. The van der Waals surface area contributed by atoms with Gasteiger partial charge < -0.3 is 16.4 Å². The minimum Gasteiger partial charge on any atom is -0.397 e. The average Bonchev–Trinajstić information content (AvgIpc) is 2.68. The van der Waals surface area contributed by atoms with E-state index >= 15 is 0 Å². The number of carbonyl (C=O) groups excluding carboxylic acids is 1. The third kappa shape index (κ3) is 5.69. The molecule has 2 aromatic carbocycles. The van der Waals surface area contributed by atoms with Crippen LogP contribution in [0.5, 0.6) is 0 Å². The summed E-state index contributed by atoms with van der Waals surface area (Å²) in [5.41, 5.74) is 9.03. The summed E-state index contributed by atoms with van der Waals surface area (Å²) in [6.07, 6.45) is 5.01. The second-order valence-electron chi connectivity index (χ2n) is 5.87. The zero-order valence-electron chi connectivity index (χ0n) is 14.5. The van der Waals surface area contributed by atoms with Crippen LogP contribution in [0.1, 0.15) is 11.1 Å². The summed E-state index contributed by atoms with van der Waals surface area (Å²) < 4.78 is 0.947. The zero-order chi connectivity index (χ0) is 19.1. The van der Waals surface area contributed by atoms with Crippen molar-refractivity contribution < 1.29 is 4.79 Å². The average molecular weight is 423 g/mol. The Morgan fingerprint density at radius 1 is 1.07 bits per heavy atom. The molecule has 0 bridgehead atoms. The van der Waals surface area contributed by atoms with Crippen molar-refractivity contribution in [1.29, 1.82) is 0 Å². The Bertz CT molecular complexity index is 937. The molecule has 1 amide bonds. The predicted molar refractivity (Wildman–Crippen MR) is 114 cm³/mol. The number of amides is 1. The van der Waals surface area contributed by atoms with Gasteiger partial charge in [-0.05, 0) is 57.4 Å². The van der Waals surface area contributed by atoms with Crippen molar-refractivity contribution >= 4 is 45.1 Å². The molecule has 1 aromatic heterocycles. The summed E-state index contributed by atoms with van der Waals surface area (Å²) >= 11 is 3.36. The molecule has 5 nitrogen and oxygen atoms in total. The quantitative estimate of drug-likeness (QED) is 0.397. The summed E-state index contributed by atoms with van der Waals surface area (Å²) in [4.78, 5) is 16.3. The molecule has 0 saturated carbocycles. The molecule has 1 heterocycles.